The Morgan fingerprint density at radius 3 is 2.82 bits per heavy atom. The van der Waals surface area contributed by atoms with E-state index >= 15 is 0 Å². The minimum absolute atomic E-state index is 0.321. The maximum absolute atomic E-state index is 5.80. The van der Waals surface area contributed by atoms with Crippen LogP contribution in [0.15, 0.2) is 35.8 Å². The average molecular weight is 316 g/mol. The van der Waals surface area contributed by atoms with Gasteiger partial charge in [0.2, 0.25) is 0 Å². The number of likely N-dealkylation sites (tertiary alicyclic amines) is 1. The van der Waals surface area contributed by atoms with E-state index in [0.717, 1.165) is 25.9 Å². The summed E-state index contributed by atoms with van der Waals surface area (Å²) in [4.78, 5) is 8.36. The minimum Gasteiger partial charge on any atom is -0.380 e. The number of piperidine rings is 1. The van der Waals surface area contributed by atoms with E-state index in [4.69, 9.17) is 4.74 Å². The zero-order valence-corrected chi connectivity index (χ0v) is 14.2. The summed E-state index contributed by atoms with van der Waals surface area (Å²) in [5.74, 6) is 0. The van der Waals surface area contributed by atoms with Crippen molar-refractivity contribution in [2.45, 2.75) is 44.9 Å². The van der Waals surface area contributed by atoms with Gasteiger partial charge >= 0.3 is 0 Å². The molecule has 1 saturated heterocycles. The Bertz CT molecular complexity index is 584. The topological polar surface area (TPSA) is 25.4 Å². The Morgan fingerprint density at radius 1 is 1.32 bits per heavy atom. The van der Waals surface area contributed by atoms with Gasteiger partial charge in [0.1, 0.15) is 0 Å². The van der Waals surface area contributed by atoms with Crippen molar-refractivity contribution in [1.82, 2.24) is 9.88 Å². The third-order valence-electron chi connectivity index (χ3n) is 4.61. The lowest BCUT2D eigenvalue weighted by Gasteiger charge is -2.40. The summed E-state index contributed by atoms with van der Waals surface area (Å²) in [7, 11) is 1.85. The molecule has 0 saturated carbocycles. The molecule has 118 valence electrons. The molecule has 0 amide bonds. The van der Waals surface area contributed by atoms with Crippen LogP contribution in [0, 0.1) is 6.92 Å². The third kappa shape index (κ3) is 3.57. The summed E-state index contributed by atoms with van der Waals surface area (Å²) in [5.41, 5.74) is 4.51. The van der Waals surface area contributed by atoms with Crippen molar-refractivity contribution in [2.75, 3.05) is 13.7 Å². The first kappa shape index (κ1) is 15.7. The van der Waals surface area contributed by atoms with E-state index in [0.29, 0.717) is 12.1 Å². The van der Waals surface area contributed by atoms with Crippen molar-refractivity contribution in [2.24, 2.45) is 0 Å². The summed E-state index contributed by atoms with van der Waals surface area (Å²) < 4.78 is 5.80. The van der Waals surface area contributed by atoms with Crippen LogP contribution in [0.25, 0.3) is 0 Å². The molecule has 0 aliphatic carbocycles. The Hall–Kier alpha value is -1.23. The molecule has 2 aromatic rings. The van der Waals surface area contributed by atoms with Crippen LogP contribution in [0.1, 0.15) is 29.0 Å². The van der Waals surface area contributed by atoms with Crippen LogP contribution in [0.3, 0.4) is 0 Å². The van der Waals surface area contributed by atoms with Crippen LogP contribution in [0.5, 0.6) is 0 Å². The summed E-state index contributed by atoms with van der Waals surface area (Å²) in [5, 5.41) is 0. The van der Waals surface area contributed by atoms with Crippen LogP contribution < -0.4 is 0 Å². The van der Waals surface area contributed by atoms with Gasteiger partial charge in [0, 0.05) is 24.6 Å². The molecule has 1 aliphatic heterocycles. The van der Waals surface area contributed by atoms with E-state index in [1.54, 1.807) is 11.3 Å². The first-order valence-electron chi connectivity index (χ1n) is 7.97. The van der Waals surface area contributed by atoms with E-state index < -0.39 is 0 Å². The lowest BCUT2D eigenvalue weighted by atomic mass is 9.92. The highest BCUT2D eigenvalue weighted by Crippen LogP contribution is 2.26. The number of rotatable bonds is 5. The second kappa shape index (κ2) is 7.36. The third-order valence-corrected chi connectivity index (χ3v) is 5.53. The quantitative estimate of drug-likeness (QED) is 0.841. The maximum atomic E-state index is 5.80. The van der Waals surface area contributed by atoms with Crippen molar-refractivity contribution < 1.29 is 4.74 Å². The lowest BCUT2D eigenvalue weighted by Crippen LogP contribution is -2.49. The molecule has 2 atom stereocenters. The molecule has 0 radical (unpaired) electrons. The highest BCUT2D eigenvalue weighted by Gasteiger charge is 2.32. The molecule has 0 bridgehead atoms. The normalized spacial score (nSPS) is 22.8. The molecule has 4 heteroatoms. The molecule has 0 unspecified atom stereocenters. The van der Waals surface area contributed by atoms with Crippen molar-refractivity contribution in [3.63, 3.8) is 0 Å². The van der Waals surface area contributed by atoms with E-state index in [1.807, 2.05) is 12.6 Å². The predicted molar refractivity (Wildman–Crippen MR) is 91.2 cm³/mol. The summed E-state index contributed by atoms with van der Waals surface area (Å²) >= 11 is 1.77. The predicted octanol–water partition coefficient (Wildman–Crippen LogP) is 3.67. The zero-order valence-electron chi connectivity index (χ0n) is 13.4. The van der Waals surface area contributed by atoms with Crippen molar-refractivity contribution >= 4 is 11.3 Å². The monoisotopic (exact) mass is 316 g/mol. The molecule has 22 heavy (non-hydrogen) atoms. The molecule has 1 aromatic heterocycles. The van der Waals surface area contributed by atoms with Gasteiger partial charge in [0.15, 0.2) is 0 Å². The van der Waals surface area contributed by atoms with Crippen LogP contribution in [-0.2, 0) is 17.7 Å². The standard InChI is InChI=1S/C18H24N2OS/c1-14-18(22-13-19-14)12-20-10-6-9-17(21-2)16(20)11-15-7-4-3-5-8-15/h3-5,7-8,13,16-17H,6,9-12H2,1-2H3/t16-,17-/m0/s1. The number of hydrogen-bond donors (Lipinski definition) is 0. The maximum Gasteiger partial charge on any atom is 0.0798 e. The molecular formula is C18H24N2OS. The van der Waals surface area contributed by atoms with Gasteiger partial charge in [-0.3, -0.25) is 4.90 Å². The molecule has 3 rings (SSSR count). The molecule has 1 fully saturated rings. The SMILES string of the molecule is CO[C@H]1CCCN(Cc2scnc2C)[C@H]1Cc1ccccc1. The molecule has 0 spiro atoms. The Morgan fingerprint density at radius 2 is 2.14 bits per heavy atom. The number of aryl methyl sites for hydroxylation is 1. The number of nitrogens with zero attached hydrogens (tertiary/aromatic N) is 2. The highest BCUT2D eigenvalue weighted by atomic mass is 32.1. The second-order valence-electron chi connectivity index (χ2n) is 6.00. The number of ether oxygens (including phenoxy) is 1. The van der Waals surface area contributed by atoms with Crippen molar-refractivity contribution in [3.05, 3.63) is 52.0 Å². The zero-order chi connectivity index (χ0) is 15.4. The van der Waals surface area contributed by atoms with Crippen LogP contribution >= 0.6 is 11.3 Å². The Labute approximate surface area is 137 Å². The highest BCUT2D eigenvalue weighted by molar-refractivity contribution is 7.09. The Kier molecular flexibility index (Phi) is 5.24. The first-order chi connectivity index (χ1) is 10.8. The molecule has 1 aliphatic rings. The van der Waals surface area contributed by atoms with Gasteiger partial charge in [-0.1, -0.05) is 30.3 Å². The van der Waals surface area contributed by atoms with E-state index in [1.165, 1.54) is 22.6 Å². The van der Waals surface area contributed by atoms with Gasteiger partial charge in [-0.2, -0.15) is 0 Å². The Balaban J connectivity index is 1.77. The lowest BCUT2D eigenvalue weighted by molar-refractivity contribution is -0.0215. The average Bonchev–Trinajstić information content (AvgIpc) is 2.95. The van der Waals surface area contributed by atoms with Gasteiger partial charge in [0.25, 0.3) is 0 Å². The van der Waals surface area contributed by atoms with Gasteiger partial charge in [-0.25, -0.2) is 4.98 Å². The van der Waals surface area contributed by atoms with E-state index in [2.05, 4.69) is 47.1 Å². The molecule has 1 aromatic carbocycles. The summed E-state index contributed by atoms with van der Waals surface area (Å²) in [6.07, 6.45) is 3.74. The van der Waals surface area contributed by atoms with E-state index in [-0.39, 0.29) is 0 Å². The van der Waals surface area contributed by atoms with Gasteiger partial charge in [-0.05, 0) is 38.3 Å². The molecule has 2 heterocycles. The fourth-order valence-corrected chi connectivity index (χ4v) is 4.14. The molecule has 0 N–H and O–H groups in total. The van der Waals surface area contributed by atoms with Gasteiger partial charge < -0.3 is 4.74 Å². The summed E-state index contributed by atoms with van der Waals surface area (Å²) in [6, 6.07) is 11.2. The van der Waals surface area contributed by atoms with Gasteiger partial charge in [0.05, 0.1) is 17.3 Å². The van der Waals surface area contributed by atoms with Crippen LogP contribution in [0.4, 0.5) is 0 Å². The van der Waals surface area contributed by atoms with Gasteiger partial charge in [-0.15, -0.1) is 11.3 Å². The molecular weight excluding hydrogens is 292 g/mol. The van der Waals surface area contributed by atoms with Crippen LogP contribution in [0.2, 0.25) is 0 Å². The minimum atomic E-state index is 0.321. The first-order valence-corrected chi connectivity index (χ1v) is 8.85. The van der Waals surface area contributed by atoms with E-state index in [9.17, 15) is 0 Å². The number of aromatic nitrogens is 1. The fraction of sp³-hybridized carbons (Fsp3) is 0.500. The second-order valence-corrected chi connectivity index (χ2v) is 6.94. The summed E-state index contributed by atoms with van der Waals surface area (Å²) in [6.45, 7) is 4.25. The van der Waals surface area contributed by atoms with Crippen molar-refractivity contribution in [1.29, 1.82) is 0 Å². The smallest absolute Gasteiger partial charge is 0.0798 e. The number of methoxy groups -OCH3 is 1. The largest absolute Gasteiger partial charge is 0.380 e. The fourth-order valence-electron chi connectivity index (χ4n) is 3.34. The van der Waals surface area contributed by atoms with Crippen LogP contribution in [-0.4, -0.2) is 35.7 Å². The molecule has 3 nitrogen and oxygen atoms in total. The number of hydrogen-bond acceptors (Lipinski definition) is 4. The number of thiazole rings is 1. The number of benzene rings is 1. The van der Waals surface area contributed by atoms with Crippen molar-refractivity contribution in [3.8, 4) is 0 Å².